The summed E-state index contributed by atoms with van der Waals surface area (Å²) in [7, 11) is -3.05. The van der Waals surface area contributed by atoms with Gasteiger partial charge in [0, 0.05) is 28.9 Å². The van der Waals surface area contributed by atoms with Crippen molar-refractivity contribution in [1.29, 1.82) is 0 Å². The maximum atomic E-state index is 11.3. The van der Waals surface area contributed by atoms with Crippen molar-refractivity contribution < 1.29 is 13.2 Å². The molecule has 0 radical (unpaired) electrons. The molecule has 1 aliphatic heterocycles. The van der Waals surface area contributed by atoms with Crippen LogP contribution in [0, 0.1) is 0 Å². The van der Waals surface area contributed by atoms with Gasteiger partial charge in [-0.15, -0.1) is 0 Å². The van der Waals surface area contributed by atoms with E-state index in [9.17, 15) is 8.42 Å². The van der Waals surface area contributed by atoms with E-state index in [0.29, 0.717) is 18.0 Å². The van der Waals surface area contributed by atoms with Crippen LogP contribution in [-0.2, 0) is 9.84 Å². The minimum absolute atomic E-state index is 0.0752. The minimum Gasteiger partial charge on any atom is -0.494 e. The van der Waals surface area contributed by atoms with Gasteiger partial charge in [0.15, 0.2) is 9.84 Å². The predicted octanol–water partition coefficient (Wildman–Crippen LogP) is 1.39. The molecule has 0 fully saturated rings. The third kappa shape index (κ3) is 3.16. The van der Waals surface area contributed by atoms with Crippen LogP contribution in [0.25, 0.3) is 0 Å². The third-order valence-electron chi connectivity index (χ3n) is 2.52. The van der Waals surface area contributed by atoms with E-state index in [0.717, 1.165) is 5.69 Å². The summed E-state index contributed by atoms with van der Waals surface area (Å²) in [5, 5.41) is 4.35. The van der Waals surface area contributed by atoms with E-state index in [2.05, 4.69) is 5.32 Å². The van der Waals surface area contributed by atoms with Gasteiger partial charge < -0.3 is 15.8 Å². The predicted molar refractivity (Wildman–Crippen MR) is 72.4 cm³/mol. The fraction of sp³-hybridized carbons (Fsp3) is 0.333. The van der Waals surface area contributed by atoms with Crippen LogP contribution in [0.2, 0.25) is 0 Å². The van der Waals surface area contributed by atoms with Gasteiger partial charge >= 0.3 is 0 Å². The molecule has 6 heteroatoms. The van der Waals surface area contributed by atoms with Crippen LogP contribution in [0.5, 0.6) is 5.75 Å². The lowest BCUT2D eigenvalue weighted by Gasteiger charge is -2.13. The Morgan fingerprint density at radius 1 is 1.44 bits per heavy atom. The number of nitrogens with one attached hydrogen (secondary N) is 1. The summed E-state index contributed by atoms with van der Waals surface area (Å²) in [4.78, 5) is 0. The number of sulfone groups is 1. The molecule has 1 aliphatic rings. The molecule has 3 N–H and O–H groups in total. The SMILES string of the molecule is CCOc1cc(N)cc(NC2C=CS(=O)(=O)C2)c1. The molecule has 1 aromatic carbocycles. The zero-order valence-electron chi connectivity index (χ0n) is 10.1. The Labute approximate surface area is 107 Å². The van der Waals surface area contributed by atoms with E-state index < -0.39 is 9.84 Å². The molecule has 0 saturated carbocycles. The second-order valence-electron chi connectivity index (χ2n) is 4.13. The summed E-state index contributed by atoms with van der Waals surface area (Å²) >= 11 is 0. The largest absolute Gasteiger partial charge is 0.494 e. The number of nitrogens with two attached hydrogens (primary N) is 1. The highest BCUT2D eigenvalue weighted by atomic mass is 32.2. The molecule has 18 heavy (non-hydrogen) atoms. The van der Waals surface area contributed by atoms with Gasteiger partial charge in [-0.3, -0.25) is 0 Å². The van der Waals surface area contributed by atoms with Crippen LogP contribution in [-0.4, -0.2) is 26.8 Å². The normalized spacial score (nSPS) is 20.8. The van der Waals surface area contributed by atoms with Crippen molar-refractivity contribution in [1.82, 2.24) is 0 Å². The molecule has 0 bridgehead atoms. The zero-order valence-corrected chi connectivity index (χ0v) is 10.9. The highest BCUT2D eigenvalue weighted by Gasteiger charge is 2.21. The zero-order chi connectivity index (χ0) is 13.2. The molecule has 0 aromatic heterocycles. The molecule has 1 unspecified atom stereocenters. The molecule has 0 amide bonds. The van der Waals surface area contributed by atoms with Gasteiger partial charge in [-0.25, -0.2) is 8.42 Å². The standard InChI is InChI=1S/C12H16N2O3S/c1-2-17-12-6-9(13)5-11(7-12)14-10-3-4-18(15,16)8-10/h3-7,10,14H,2,8,13H2,1H3. The van der Waals surface area contributed by atoms with E-state index in [4.69, 9.17) is 10.5 Å². The molecule has 1 atom stereocenters. The highest BCUT2D eigenvalue weighted by Crippen LogP contribution is 2.24. The van der Waals surface area contributed by atoms with Gasteiger partial charge in [0.2, 0.25) is 0 Å². The second kappa shape index (κ2) is 4.89. The van der Waals surface area contributed by atoms with Crippen LogP contribution in [0.3, 0.4) is 0 Å². The van der Waals surface area contributed by atoms with Gasteiger partial charge in [0.1, 0.15) is 5.75 Å². The van der Waals surface area contributed by atoms with Crippen molar-refractivity contribution in [2.24, 2.45) is 0 Å². The number of rotatable bonds is 4. The Bertz CT molecular complexity index is 567. The van der Waals surface area contributed by atoms with Crippen LogP contribution in [0.15, 0.2) is 29.7 Å². The smallest absolute Gasteiger partial charge is 0.173 e. The summed E-state index contributed by atoms with van der Waals surface area (Å²) in [5.41, 5.74) is 7.09. The average molecular weight is 268 g/mol. The Balaban J connectivity index is 2.12. The molecule has 0 saturated heterocycles. The lowest BCUT2D eigenvalue weighted by atomic mass is 10.2. The third-order valence-corrected chi connectivity index (χ3v) is 3.92. The van der Waals surface area contributed by atoms with Gasteiger partial charge in [-0.05, 0) is 13.0 Å². The van der Waals surface area contributed by atoms with Crippen LogP contribution in [0.4, 0.5) is 11.4 Å². The number of benzene rings is 1. The van der Waals surface area contributed by atoms with Crippen molar-refractivity contribution in [3.8, 4) is 5.75 Å². The van der Waals surface area contributed by atoms with Gasteiger partial charge in [-0.1, -0.05) is 6.08 Å². The quantitative estimate of drug-likeness (QED) is 0.806. The van der Waals surface area contributed by atoms with Crippen LogP contribution >= 0.6 is 0 Å². The van der Waals surface area contributed by atoms with Crippen LogP contribution in [0.1, 0.15) is 6.92 Å². The fourth-order valence-corrected chi connectivity index (χ4v) is 3.07. The summed E-state index contributed by atoms with van der Waals surface area (Å²) in [5.74, 6) is 0.746. The first-order valence-corrected chi connectivity index (χ1v) is 7.41. The van der Waals surface area contributed by atoms with Crippen molar-refractivity contribution >= 4 is 21.2 Å². The highest BCUT2D eigenvalue weighted by molar-refractivity contribution is 7.94. The van der Waals surface area contributed by atoms with Gasteiger partial charge in [0.25, 0.3) is 0 Å². The molecule has 1 aromatic rings. The maximum Gasteiger partial charge on any atom is 0.173 e. The molecule has 1 heterocycles. The monoisotopic (exact) mass is 268 g/mol. The van der Waals surface area contributed by atoms with E-state index >= 15 is 0 Å². The molecule has 98 valence electrons. The lowest BCUT2D eigenvalue weighted by Crippen LogP contribution is -2.20. The first-order chi connectivity index (χ1) is 8.48. The van der Waals surface area contributed by atoms with Gasteiger partial charge in [0.05, 0.1) is 18.4 Å². The maximum absolute atomic E-state index is 11.3. The van der Waals surface area contributed by atoms with Crippen LogP contribution < -0.4 is 15.8 Å². The molecule has 5 nitrogen and oxygen atoms in total. The molecular weight excluding hydrogens is 252 g/mol. The molecule has 0 spiro atoms. The Hall–Kier alpha value is -1.69. The van der Waals surface area contributed by atoms with E-state index in [1.165, 1.54) is 5.41 Å². The number of anilines is 2. The molecule has 0 aliphatic carbocycles. The molecule has 2 rings (SSSR count). The van der Waals surface area contributed by atoms with Crippen molar-refractivity contribution in [2.75, 3.05) is 23.4 Å². The summed E-state index contributed by atoms with van der Waals surface area (Å²) in [6.07, 6.45) is 1.64. The fourth-order valence-electron chi connectivity index (χ4n) is 1.84. The van der Waals surface area contributed by atoms with E-state index in [-0.39, 0.29) is 11.8 Å². The molecular formula is C12H16N2O3S. The van der Waals surface area contributed by atoms with Gasteiger partial charge in [-0.2, -0.15) is 0 Å². The summed E-state index contributed by atoms with van der Waals surface area (Å²) in [6, 6.07) is 5.07. The minimum atomic E-state index is -3.05. The van der Waals surface area contributed by atoms with E-state index in [1.807, 2.05) is 6.92 Å². The lowest BCUT2D eigenvalue weighted by molar-refractivity contribution is 0.340. The number of hydrogen-bond acceptors (Lipinski definition) is 5. The topological polar surface area (TPSA) is 81.4 Å². The van der Waals surface area contributed by atoms with Crippen molar-refractivity contribution in [3.05, 3.63) is 29.7 Å². The Morgan fingerprint density at radius 2 is 2.22 bits per heavy atom. The summed E-state index contributed by atoms with van der Waals surface area (Å²) in [6.45, 7) is 2.45. The van der Waals surface area contributed by atoms with E-state index in [1.54, 1.807) is 24.3 Å². The number of ether oxygens (including phenoxy) is 1. The summed E-state index contributed by atoms with van der Waals surface area (Å²) < 4.78 is 28.0. The van der Waals surface area contributed by atoms with Crippen molar-refractivity contribution in [2.45, 2.75) is 13.0 Å². The first-order valence-electron chi connectivity index (χ1n) is 5.69. The van der Waals surface area contributed by atoms with Crippen molar-refractivity contribution in [3.63, 3.8) is 0 Å². The number of nitrogen functional groups attached to an aromatic ring is 1. The Kier molecular flexibility index (Phi) is 3.47. The second-order valence-corrected chi connectivity index (χ2v) is 6.06. The average Bonchev–Trinajstić information content (AvgIpc) is 2.57. The Morgan fingerprint density at radius 3 is 2.83 bits per heavy atom. The number of hydrogen-bond donors (Lipinski definition) is 2. The first kappa shape index (κ1) is 12.8.